The fourth-order valence-corrected chi connectivity index (χ4v) is 1.76. The molecular formula is C12H22N6O. The quantitative estimate of drug-likeness (QED) is 0.704. The van der Waals surface area contributed by atoms with E-state index >= 15 is 0 Å². The smallest absolute Gasteiger partial charge is 0.244 e. The van der Waals surface area contributed by atoms with Crippen molar-refractivity contribution >= 4 is 23.5 Å². The first-order valence-electron chi connectivity index (χ1n) is 6.39. The minimum absolute atomic E-state index is 0.0354. The Hall–Kier alpha value is -2.05. The summed E-state index contributed by atoms with van der Waals surface area (Å²) in [5.41, 5.74) is 5.60. The lowest BCUT2D eigenvalue weighted by atomic mass is 10.2. The van der Waals surface area contributed by atoms with Crippen molar-refractivity contribution in [2.75, 3.05) is 36.5 Å². The van der Waals surface area contributed by atoms with Gasteiger partial charge >= 0.3 is 0 Å². The number of likely N-dealkylation sites (N-methyl/N-ethyl adjacent to an activating group) is 1. The third-order valence-corrected chi connectivity index (χ3v) is 2.81. The maximum atomic E-state index is 12.1. The standard InChI is InChI=1S/C12H22N6O/c1-5-18(6-2)11(19)8(3)15-10-7-9(14-4)16-12(13)17-10/h7-8H,5-6H2,1-4H3,(H4,13,14,15,16,17). The molecule has 19 heavy (non-hydrogen) atoms. The molecule has 1 atom stereocenters. The van der Waals surface area contributed by atoms with Crippen LogP contribution in [0.25, 0.3) is 0 Å². The van der Waals surface area contributed by atoms with Gasteiger partial charge in [-0.25, -0.2) is 0 Å². The lowest BCUT2D eigenvalue weighted by Crippen LogP contribution is -2.41. The number of aromatic nitrogens is 2. The Morgan fingerprint density at radius 2 is 1.95 bits per heavy atom. The molecule has 0 saturated carbocycles. The van der Waals surface area contributed by atoms with Crippen LogP contribution in [0.2, 0.25) is 0 Å². The molecule has 0 aromatic carbocycles. The van der Waals surface area contributed by atoms with Crippen molar-refractivity contribution in [3.8, 4) is 0 Å². The number of carbonyl (C=O) groups excluding carboxylic acids is 1. The largest absolute Gasteiger partial charge is 0.373 e. The highest BCUT2D eigenvalue weighted by Crippen LogP contribution is 2.13. The molecule has 1 aromatic heterocycles. The van der Waals surface area contributed by atoms with E-state index in [1.807, 2.05) is 13.8 Å². The molecule has 0 saturated heterocycles. The van der Waals surface area contributed by atoms with Gasteiger partial charge in [0.2, 0.25) is 11.9 Å². The van der Waals surface area contributed by atoms with Gasteiger partial charge in [0, 0.05) is 26.2 Å². The van der Waals surface area contributed by atoms with Crippen molar-refractivity contribution in [2.24, 2.45) is 0 Å². The highest BCUT2D eigenvalue weighted by atomic mass is 16.2. The molecule has 1 aromatic rings. The second-order valence-corrected chi connectivity index (χ2v) is 4.12. The molecule has 0 fully saturated rings. The van der Waals surface area contributed by atoms with E-state index in [2.05, 4.69) is 20.6 Å². The number of anilines is 3. The van der Waals surface area contributed by atoms with Crippen LogP contribution in [-0.4, -0.2) is 47.0 Å². The maximum absolute atomic E-state index is 12.1. The molecule has 1 rings (SSSR count). The molecule has 1 amide bonds. The van der Waals surface area contributed by atoms with E-state index in [9.17, 15) is 4.79 Å². The first-order valence-corrected chi connectivity index (χ1v) is 6.39. The molecule has 1 unspecified atom stereocenters. The Balaban J connectivity index is 2.78. The van der Waals surface area contributed by atoms with Crippen molar-refractivity contribution in [1.82, 2.24) is 14.9 Å². The molecule has 4 N–H and O–H groups in total. The predicted octanol–water partition coefficient (Wildman–Crippen LogP) is 0.769. The van der Waals surface area contributed by atoms with Crippen LogP contribution in [0.5, 0.6) is 0 Å². The highest BCUT2D eigenvalue weighted by Gasteiger charge is 2.18. The summed E-state index contributed by atoms with van der Waals surface area (Å²) in [4.78, 5) is 21.9. The Morgan fingerprint density at radius 1 is 1.37 bits per heavy atom. The van der Waals surface area contributed by atoms with E-state index in [-0.39, 0.29) is 17.9 Å². The summed E-state index contributed by atoms with van der Waals surface area (Å²) in [5, 5.41) is 5.93. The van der Waals surface area contributed by atoms with Gasteiger partial charge in [0.25, 0.3) is 0 Å². The Kier molecular flexibility index (Phi) is 5.35. The van der Waals surface area contributed by atoms with E-state index in [0.29, 0.717) is 24.7 Å². The summed E-state index contributed by atoms with van der Waals surface area (Å²) in [6.45, 7) is 7.09. The second kappa shape index (κ2) is 6.77. The SMILES string of the molecule is CCN(CC)C(=O)C(C)Nc1cc(NC)nc(N)n1. The first kappa shape index (κ1) is 15.0. The van der Waals surface area contributed by atoms with Crippen molar-refractivity contribution in [3.63, 3.8) is 0 Å². The topological polar surface area (TPSA) is 96.2 Å². The van der Waals surface area contributed by atoms with Gasteiger partial charge in [-0.2, -0.15) is 9.97 Å². The van der Waals surface area contributed by atoms with E-state index in [4.69, 9.17) is 5.73 Å². The van der Waals surface area contributed by atoms with Crippen molar-refractivity contribution in [2.45, 2.75) is 26.8 Å². The van der Waals surface area contributed by atoms with E-state index in [0.717, 1.165) is 0 Å². The Labute approximate surface area is 113 Å². The molecule has 7 nitrogen and oxygen atoms in total. The number of nitrogens with zero attached hydrogens (tertiary/aromatic N) is 3. The number of hydrogen-bond acceptors (Lipinski definition) is 6. The van der Waals surface area contributed by atoms with Crippen LogP contribution in [0.15, 0.2) is 6.07 Å². The number of nitrogens with two attached hydrogens (primary N) is 1. The van der Waals surface area contributed by atoms with Crippen LogP contribution in [0.4, 0.5) is 17.6 Å². The molecular weight excluding hydrogens is 244 g/mol. The summed E-state index contributed by atoms with van der Waals surface area (Å²) in [7, 11) is 1.75. The molecule has 0 bridgehead atoms. The third-order valence-electron chi connectivity index (χ3n) is 2.81. The average Bonchev–Trinajstić information content (AvgIpc) is 2.39. The number of amides is 1. The van der Waals surface area contributed by atoms with Gasteiger partial charge in [0.15, 0.2) is 0 Å². The van der Waals surface area contributed by atoms with Crippen LogP contribution >= 0.6 is 0 Å². The number of nitrogens with one attached hydrogen (secondary N) is 2. The number of nitrogen functional groups attached to an aromatic ring is 1. The van der Waals surface area contributed by atoms with Crippen molar-refractivity contribution in [1.29, 1.82) is 0 Å². The Bertz CT molecular complexity index is 432. The summed E-state index contributed by atoms with van der Waals surface area (Å²) < 4.78 is 0. The summed E-state index contributed by atoms with van der Waals surface area (Å²) in [5.74, 6) is 1.34. The monoisotopic (exact) mass is 266 g/mol. The van der Waals surface area contributed by atoms with Crippen LogP contribution in [0, 0.1) is 0 Å². The van der Waals surface area contributed by atoms with Gasteiger partial charge in [-0.3, -0.25) is 4.79 Å². The first-order chi connectivity index (χ1) is 9.01. The maximum Gasteiger partial charge on any atom is 0.244 e. The van der Waals surface area contributed by atoms with Crippen LogP contribution in [0.3, 0.4) is 0 Å². The predicted molar refractivity (Wildman–Crippen MR) is 77.0 cm³/mol. The molecule has 0 aliphatic rings. The zero-order chi connectivity index (χ0) is 14.4. The lowest BCUT2D eigenvalue weighted by molar-refractivity contribution is -0.131. The van der Waals surface area contributed by atoms with Gasteiger partial charge in [0.1, 0.15) is 17.7 Å². The van der Waals surface area contributed by atoms with Crippen molar-refractivity contribution < 1.29 is 4.79 Å². The molecule has 106 valence electrons. The van der Waals surface area contributed by atoms with Gasteiger partial charge in [0.05, 0.1) is 0 Å². The number of carbonyl (C=O) groups is 1. The molecule has 0 aliphatic carbocycles. The fourth-order valence-electron chi connectivity index (χ4n) is 1.76. The normalized spacial score (nSPS) is 11.8. The number of hydrogen-bond donors (Lipinski definition) is 3. The van der Waals surface area contributed by atoms with E-state index < -0.39 is 0 Å². The fraction of sp³-hybridized carbons (Fsp3) is 0.583. The zero-order valence-corrected chi connectivity index (χ0v) is 11.9. The van der Waals surface area contributed by atoms with E-state index in [1.54, 1.807) is 24.9 Å². The highest BCUT2D eigenvalue weighted by molar-refractivity contribution is 5.84. The molecule has 0 aliphatic heterocycles. The molecule has 7 heteroatoms. The summed E-state index contributed by atoms with van der Waals surface area (Å²) >= 11 is 0. The third kappa shape index (κ3) is 3.97. The minimum Gasteiger partial charge on any atom is -0.373 e. The van der Waals surface area contributed by atoms with Gasteiger partial charge < -0.3 is 21.3 Å². The zero-order valence-electron chi connectivity index (χ0n) is 11.9. The van der Waals surface area contributed by atoms with Gasteiger partial charge in [-0.1, -0.05) is 0 Å². The van der Waals surface area contributed by atoms with E-state index in [1.165, 1.54) is 0 Å². The molecule has 0 radical (unpaired) electrons. The average molecular weight is 266 g/mol. The molecule has 0 spiro atoms. The molecule has 1 heterocycles. The summed E-state index contributed by atoms with van der Waals surface area (Å²) in [6.07, 6.45) is 0. The number of rotatable bonds is 6. The van der Waals surface area contributed by atoms with Crippen LogP contribution in [-0.2, 0) is 4.79 Å². The Morgan fingerprint density at radius 3 is 2.47 bits per heavy atom. The van der Waals surface area contributed by atoms with Crippen LogP contribution < -0.4 is 16.4 Å². The van der Waals surface area contributed by atoms with Crippen LogP contribution in [0.1, 0.15) is 20.8 Å². The van der Waals surface area contributed by atoms with Crippen molar-refractivity contribution in [3.05, 3.63) is 6.07 Å². The summed E-state index contributed by atoms with van der Waals surface area (Å²) in [6, 6.07) is 1.35. The van der Waals surface area contributed by atoms with Gasteiger partial charge in [-0.15, -0.1) is 0 Å². The second-order valence-electron chi connectivity index (χ2n) is 4.12. The minimum atomic E-state index is -0.362. The lowest BCUT2D eigenvalue weighted by Gasteiger charge is -2.23. The van der Waals surface area contributed by atoms with Gasteiger partial charge in [-0.05, 0) is 20.8 Å².